The number of hydrogen-bond donors (Lipinski definition) is 2. The molecule has 176 valence electrons. The molecule has 0 spiro atoms. The van der Waals surface area contributed by atoms with Crippen LogP contribution in [0.3, 0.4) is 0 Å². The number of para-hydroxylation sites is 1. The maximum Gasteiger partial charge on any atom is 0.331 e. The summed E-state index contributed by atoms with van der Waals surface area (Å²) in [6.45, 7) is 0.410. The van der Waals surface area contributed by atoms with Crippen molar-refractivity contribution in [1.82, 2.24) is 20.1 Å². The van der Waals surface area contributed by atoms with Gasteiger partial charge in [-0.25, -0.2) is 4.79 Å². The van der Waals surface area contributed by atoms with Crippen molar-refractivity contribution in [2.75, 3.05) is 0 Å². The molecule has 0 radical (unpaired) electrons. The molecule has 1 fully saturated rings. The van der Waals surface area contributed by atoms with Crippen LogP contribution in [0.25, 0.3) is 17.0 Å². The lowest BCUT2D eigenvalue weighted by molar-refractivity contribution is -0.130. The van der Waals surface area contributed by atoms with Crippen molar-refractivity contribution in [3.8, 4) is 0 Å². The fraction of sp³-hybridized carbons (Fsp3) is 0.120. The lowest BCUT2D eigenvalue weighted by Crippen LogP contribution is -2.53. The van der Waals surface area contributed by atoms with Crippen molar-refractivity contribution in [2.24, 2.45) is 0 Å². The van der Waals surface area contributed by atoms with Gasteiger partial charge in [0, 0.05) is 27.5 Å². The third-order valence-corrected chi connectivity index (χ3v) is 6.43. The van der Waals surface area contributed by atoms with E-state index in [4.69, 9.17) is 4.42 Å². The van der Waals surface area contributed by atoms with Crippen LogP contribution in [-0.4, -0.2) is 33.2 Å². The average Bonchev–Trinajstić information content (AvgIpc) is 3.61. The molecule has 0 atom stereocenters. The molecule has 10 heteroatoms. The Hall–Kier alpha value is -4.44. The van der Waals surface area contributed by atoms with Gasteiger partial charge in [-0.15, -0.1) is 11.3 Å². The number of carbonyl (C=O) groups excluding carboxylic acids is 4. The van der Waals surface area contributed by atoms with Gasteiger partial charge in [-0.3, -0.25) is 24.6 Å². The van der Waals surface area contributed by atoms with Gasteiger partial charge in [0.05, 0.1) is 19.4 Å². The molecule has 1 aliphatic heterocycles. The van der Waals surface area contributed by atoms with Crippen molar-refractivity contribution in [1.29, 1.82) is 0 Å². The van der Waals surface area contributed by atoms with Crippen LogP contribution in [0.5, 0.6) is 0 Å². The second-order valence-corrected chi connectivity index (χ2v) is 8.91. The Balaban J connectivity index is 1.42. The second-order valence-electron chi connectivity index (χ2n) is 7.87. The van der Waals surface area contributed by atoms with E-state index >= 15 is 0 Å². The Morgan fingerprint density at radius 1 is 1.09 bits per heavy atom. The van der Waals surface area contributed by atoms with E-state index in [9.17, 15) is 19.2 Å². The molecular weight excluding hydrogens is 468 g/mol. The van der Waals surface area contributed by atoms with Gasteiger partial charge in [0.1, 0.15) is 17.9 Å². The van der Waals surface area contributed by atoms with E-state index in [-0.39, 0.29) is 24.6 Å². The van der Waals surface area contributed by atoms with Crippen molar-refractivity contribution in [2.45, 2.75) is 19.6 Å². The molecule has 9 nitrogen and oxygen atoms in total. The fourth-order valence-corrected chi connectivity index (χ4v) is 4.53. The number of benzene rings is 1. The third kappa shape index (κ3) is 4.64. The van der Waals surface area contributed by atoms with E-state index in [0.29, 0.717) is 17.9 Å². The van der Waals surface area contributed by atoms with Crippen LogP contribution >= 0.6 is 11.3 Å². The Morgan fingerprint density at radius 3 is 2.71 bits per heavy atom. The maximum atomic E-state index is 13.1. The predicted molar refractivity (Wildman–Crippen MR) is 129 cm³/mol. The first-order chi connectivity index (χ1) is 17.0. The van der Waals surface area contributed by atoms with Crippen LogP contribution in [0.1, 0.15) is 16.2 Å². The molecule has 5 amide bonds. The lowest BCUT2D eigenvalue weighted by Gasteiger charge is -2.25. The SMILES string of the molecule is O=C(Cn1cc(/C=C2\C(=O)NC(=O)N(Cc3ccco3)C2=O)c2ccccc21)NCc1cccs1. The summed E-state index contributed by atoms with van der Waals surface area (Å²) in [7, 11) is 0. The van der Waals surface area contributed by atoms with E-state index in [0.717, 1.165) is 20.7 Å². The molecule has 4 heterocycles. The first kappa shape index (κ1) is 22.4. The zero-order chi connectivity index (χ0) is 24.4. The first-order valence-electron chi connectivity index (χ1n) is 10.8. The van der Waals surface area contributed by atoms with Crippen LogP contribution in [0.2, 0.25) is 0 Å². The van der Waals surface area contributed by atoms with Gasteiger partial charge in [0.2, 0.25) is 5.91 Å². The van der Waals surface area contributed by atoms with Crippen LogP contribution in [0.4, 0.5) is 4.79 Å². The Bertz CT molecular complexity index is 1450. The number of imide groups is 2. The molecule has 4 aromatic rings. The summed E-state index contributed by atoms with van der Waals surface area (Å²) in [5, 5.41) is 7.82. The zero-order valence-electron chi connectivity index (χ0n) is 18.4. The monoisotopic (exact) mass is 488 g/mol. The smallest absolute Gasteiger partial charge is 0.331 e. The number of amides is 5. The van der Waals surface area contributed by atoms with Gasteiger partial charge >= 0.3 is 6.03 Å². The average molecular weight is 489 g/mol. The number of nitrogens with one attached hydrogen (secondary N) is 2. The summed E-state index contributed by atoms with van der Waals surface area (Å²) < 4.78 is 7.00. The highest BCUT2D eigenvalue weighted by molar-refractivity contribution is 7.09. The molecule has 0 aliphatic carbocycles. The molecule has 0 unspecified atom stereocenters. The van der Waals surface area contributed by atoms with Gasteiger partial charge in [0.25, 0.3) is 11.8 Å². The van der Waals surface area contributed by atoms with Crippen LogP contribution in [-0.2, 0) is 34.0 Å². The maximum absolute atomic E-state index is 13.1. The van der Waals surface area contributed by atoms with Crippen LogP contribution < -0.4 is 10.6 Å². The minimum atomic E-state index is -0.807. The summed E-state index contributed by atoms with van der Waals surface area (Å²) in [5.41, 5.74) is 1.18. The standard InChI is InChI=1S/C25H20N4O5S/c30-22(26-12-18-6-4-10-35-18)15-28-13-16(19-7-1-2-8-21(19)28)11-20-23(31)27-25(33)29(24(20)32)14-17-5-3-9-34-17/h1-11,13H,12,14-15H2,(H,26,30)(H,27,31,33)/b20-11+. The number of urea groups is 1. The van der Waals surface area contributed by atoms with E-state index < -0.39 is 17.8 Å². The molecule has 0 saturated carbocycles. The number of fused-ring (bicyclic) bond motifs is 1. The number of aromatic nitrogens is 1. The number of carbonyl (C=O) groups is 4. The van der Waals surface area contributed by atoms with Gasteiger partial charge in [0.15, 0.2) is 0 Å². The summed E-state index contributed by atoms with van der Waals surface area (Å²) in [6.07, 6.45) is 4.60. The van der Waals surface area contributed by atoms with Gasteiger partial charge in [-0.05, 0) is 35.7 Å². The quantitative estimate of drug-likeness (QED) is 0.306. The number of thiophene rings is 1. The first-order valence-corrected chi connectivity index (χ1v) is 11.7. The summed E-state index contributed by atoms with van der Waals surface area (Å²) in [6, 6.07) is 13.7. The normalized spacial score (nSPS) is 15.1. The predicted octanol–water partition coefficient (Wildman–Crippen LogP) is 3.27. The number of rotatable bonds is 7. The molecule has 2 N–H and O–H groups in total. The molecule has 3 aromatic heterocycles. The minimum absolute atomic E-state index is 0.0678. The van der Waals surface area contributed by atoms with Crippen molar-refractivity contribution < 1.29 is 23.6 Å². The van der Waals surface area contributed by atoms with E-state index in [1.165, 1.54) is 12.3 Å². The Kier molecular flexibility index (Phi) is 6.02. The van der Waals surface area contributed by atoms with E-state index in [1.54, 1.807) is 34.2 Å². The summed E-state index contributed by atoms with van der Waals surface area (Å²) in [5.74, 6) is -1.26. The number of nitrogens with zero attached hydrogens (tertiary/aromatic N) is 2. The molecule has 35 heavy (non-hydrogen) atoms. The fourth-order valence-electron chi connectivity index (χ4n) is 3.88. The highest BCUT2D eigenvalue weighted by atomic mass is 32.1. The minimum Gasteiger partial charge on any atom is -0.467 e. The van der Waals surface area contributed by atoms with Crippen molar-refractivity contribution in [3.05, 3.63) is 88.1 Å². The number of furan rings is 1. The van der Waals surface area contributed by atoms with Crippen LogP contribution in [0, 0.1) is 0 Å². The molecular formula is C25H20N4O5S. The molecule has 0 bridgehead atoms. The van der Waals surface area contributed by atoms with E-state index in [2.05, 4.69) is 10.6 Å². The largest absolute Gasteiger partial charge is 0.467 e. The highest BCUT2D eigenvalue weighted by Gasteiger charge is 2.36. The highest BCUT2D eigenvalue weighted by Crippen LogP contribution is 2.25. The van der Waals surface area contributed by atoms with Gasteiger partial charge in [-0.1, -0.05) is 24.3 Å². The molecule has 1 aromatic carbocycles. The molecule has 1 saturated heterocycles. The molecule has 1 aliphatic rings. The Morgan fingerprint density at radius 2 is 1.94 bits per heavy atom. The molecule has 5 rings (SSSR count). The zero-order valence-corrected chi connectivity index (χ0v) is 19.2. The number of barbiturate groups is 1. The summed E-state index contributed by atoms with van der Waals surface area (Å²) in [4.78, 5) is 52.4. The lowest BCUT2D eigenvalue weighted by atomic mass is 10.1. The van der Waals surface area contributed by atoms with E-state index in [1.807, 2.05) is 41.8 Å². The Labute approximate surface area is 203 Å². The second kappa shape index (κ2) is 9.43. The van der Waals surface area contributed by atoms with Crippen molar-refractivity contribution in [3.63, 3.8) is 0 Å². The summed E-state index contributed by atoms with van der Waals surface area (Å²) >= 11 is 1.57. The third-order valence-electron chi connectivity index (χ3n) is 5.55. The number of hydrogen-bond acceptors (Lipinski definition) is 6. The van der Waals surface area contributed by atoms with Crippen molar-refractivity contribution >= 4 is 52.1 Å². The topological polar surface area (TPSA) is 114 Å². The van der Waals surface area contributed by atoms with Crippen LogP contribution in [0.15, 0.2) is 76.4 Å². The van der Waals surface area contributed by atoms with Gasteiger partial charge in [-0.2, -0.15) is 0 Å². The van der Waals surface area contributed by atoms with Gasteiger partial charge < -0.3 is 14.3 Å².